The van der Waals surface area contributed by atoms with Crippen molar-refractivity contribution in [2.75, 3.05) is 6.54 Å². The second-order valence-corrected chi connectivity index (χ2v) is 4.30. The van der Waals surface area contributed by atoms with Crippen LogP contribution >= 0.6 is 0 Å². The first-order chi connectivity index (χ1) is 8.77. The van der Waals surface area contributed by atoms with E-state index in [4.69, 9.17) is 0 Å². The van der Waals surface area contributed by atoms with E-state index in [1.165, 1.54) is 0 Å². The van der Waals surface area contributed by atoms with Crippen LogP contribution in [0.15, 0.2) is 24.4 Å². The molecule has 0 spiro atoms. The number of rotatable bonds is 5. The van der Waals surface area contributed by atoms with Crippen LogP contribution in [-0.2, 0) is 6.42 Å². The summed E-state index contributed by atoms with van der Waals surface area (Å²) >= 11 is 0. The van der Waals surface area contributed by atoms with Crippen LogP contribution in [-0.4, -0.2) is 21.8 Å². The van der Waals surface area contributed by atoms with E-state index < -0.39 is 0 Å². The second-order valence-electron chi connectivity index (χ2n) is 4.30. The third-order valence-corrected chi connectivity index (χ3v) is 2.97. The summed E-state index contributed by atoms with van der Waals surface area (Å²) in [6.07, 6.45) is 4.83. The number of aromatic nitrogens is 2. The zero-order chi connectivity index (χ0) is 13.0. The minimum Gasteiger partial charge on any atom is -0.351 e. The number of pyridine rings is 1. The zero-order valence-electron chi connectivity index (χ0n) is 10.9. The summed E-state index contributed by atoms with van der Waals surface area (Å²) in [6, 6.07) is 5.81. The van der Waals surface area contributed by atoms with E-state index in [2.05, 4.69) is 17.2 Å². The Bertz CT molecular complexity index is 545. The molecular weight excluding hydrogens is 226 g/mol. The van der Waals surface area contributed by atoms with Crippen molar-refractivity contribution in [1.29, 1.82) is 0 Å². The lowest BCUT2D eigenvalue weighted by atomic mass is 10.3. The first-order valence-electron chi connectivity index (χ1n) is 6.52. The molecule has 0 aliphatic carbocycles. The van der Waals surface area contributed by atoms with Gasteiger partial charge in [0.05, 0.1) is 5.52 Å². The summed E-state index contributed by atoms with van der Waals surface area (Å²) in [5.74, 6) is 0.845. The number of hydrogen-bond acceptors (Lipinski definition) is 2. The Kier molecular flexibility index (Phi) is 3.97. The fourth-order valence-electron chi connectivity index (χ4n) is 1.98. The summed E-state index contributed by atoms with van der Waals surface area (Å²) in [4.78, 5) is 16.5. The largest absolute Gasteiger partial charge is 0.351 e. The van der Waals surface area contributed by atoms with Crippen LogP contribution in [0.3, 0.4) is 0 Å². The molecule has 0 saturated heterocycles. The Hall–Kier alpha value is -1.84. The van der Waals surface area contributed by atoms with Crippen LogP contribution in [0.1, 0.15) is 43.0 Å². The van der Waals surface area contributed by atoms with Crippen molar-refractivity contribution < 1.29 is 4.79 Å². The number of hydrogen-bond donors (Lipinski definition) is 1. The van der Waals surface area contributed by atoms with Crippen LogP contribution < -0.4 is 5.32 Å². The lowest BCUT2D eigenvalue weighted by Crippen LogP contribution is -2.24. The van der Waals surface area contributed by atoms with Gasteiger partial charge < -0.3 is 9.72 Å². The normalized spacial score (nSPS) is 10.8. The van der Waals surface area contributed by atoms with Crippen molar-refractivity contribution in [2.45, 2.75) is 33.1 Å². The fraction of sp³-hybridized carbons (Fsp3) is 0.429. The summed E-state index contributed by atoms with van der Waals surface area (Å²) < 4.78 is 1.98. The summed E-state index contributed by atoms with van der Waals surface area (Å²) in [7, 11) is 0. The van der Waals surface area contributed by atoms with Crippen LogP contribution in [0.4, 0.5) is 0 Å². The summed E-state index contributed by atoms with van der Waals surface area (Å²) in [5, 5.41) is 2.91. The van der Waals surface area contributed by atoms with Crippen molar-refractivity contribution in [3.05, 3.63) is 35.9 Å². The molecule has 2 rings (SSSR count). The molecule has 4 nitrogen and oxygen atoms in total. The molecule has 96 valence electrons. The molecule has 18 heavy (non-hydrogen) atoms. The smallest absolute Gasteiger partial charge is 0.272 e. The summed E-state index contributed by atoms with van der Waals surface area (Å²) in [5.41, 5.74) is 1.41. The zero-order valence-corrected chi connectivity index (χ0v) is 10.9. The Morgan fingerprint density at radius 3 is 2.94 bits per heavy atom. The van der Waals surface area contributed by atoms with Gasteiger partial charge in [-0.3, -0.25) is 4.79 Å². The molecule has 1 amide bonds. The highest BCUT2D eigenvalue weighted by molar-refractivity contribution is 5.99. The van der Waals surface area contributed by atoms with Gasteiger partial charge in [-0.15, -0.1) is 0 Å². The molecule has 2 aromatic rings. The highest BCUT2D eigenvalue weighted by Crippen LogP contribution is 2.13. The van der Waals surface area contributed by atoms with Crippen molar-refractivity contribution in [3.63, 3.8) is 0 Å². The second kappa shape index (κ2) is 5.67. The van der Waals surface area contributed by atoms with Gasteiger partial charge in [0.1, 0.15) is 5.82 Å². The Morgan fingerprint density at radius 1 is 1.39 bits per heavy atom. The van der Waals surface area contributed by atoms with Gasteiger partial charge in [0.2, 0.25) is 0 Å². The monoisotopic (exact) mass is 245 g/mol. The number of aryl methyl sites for hydroxylation is 1. The Labute approximate surface area is 107 Å². The van der Waals surface area contributed by atoms with Crippen molar-refractivity contribution in [3.8, 4) is 0 Å². The van der Waals surface area contributed by atoms with Gasteiger partial charge in [-0.2, -0.15) is 0 Å². The number of carbonyl (C=O) groups is 1. The van der Waals surface area contributed by atoms with Crippen LogP contribution in [0.2, 0.25) is 0 Å². The van der Waals surface area contributed by atoms with Gasteiger partial charge in [0.15, 0.2) is 5.69 Å². The van der Waals surface area contributed by atoms with Crippen LogP contribution in [0, 0.1) is 0 Å². The average molecular weight is 245 g/mol. The Morgan fingerprint density at radius 2 is 2.22 bits per heavy atom. The van der Waals surface area contributed by atoms with Gasteiger partial charge in [-0.25, -0.2) is 4.98 Å². The number of imidazole rings is 1. The van der Waals surface area contributed by atoms with Crippen LogP contribution in [0.5, 0.6) is 0 Å². The maximum atomic E-state index is 12.1. The predicted octanol–water partition coefficient (Wildman–Crippen LogP) is 2.43. The molecule has 2 heterocycles. The minimum atomic E-state index is -0.0770. The number of fused-ring (bicyclic) bond motifs is 1. The molecular formula is C14H19N3O. The molecule has 0 aromatic carbocycles. The molecule has 0 atom stereocenters. The number of amides is 1. The van der Waals surface area contributed by atoms with Gasteiger partial charge in [-0.05, 0) is 18.6 Å². The van der Waals surface area contributed by atoms with Gasteiger partial charge in [-0.1, -0.05) is 26.3 Å². The SMILES string of the molecule is CCCCNC(=O)c1nc(CC)n2ccccc12. The lowest BCUT2D eigenvalue weighted by Gasteiger charge is -2.01. The molecule has 4 heteroatoms. The van der Waals surface area contributed by atoms with Crippen molar-refractivity contribution in [2.24, 2.45) is 0 Å². The standard InChI is InChI=1S/C14H19N3O/c1-3-5-9-15-14(18)13-11-8-6-7-10-17(11)12(4-2)16-13/h6-8,10H,3-5,9H2,1-2H3,(H,15,18). The molecule has 2 aromatic heterocycles. The van der Waals surface area contributed by atoms with Gasteiger partial charge >= 0.3 is 0 Å². The van der Waals surface area contributed by atoms with E-state index in [0.717, 1.165) is 30.6 Å². The van der Waals surface area contributed by atoms with E-state index in [0.29, 0.717) is 12.2 Å². The number of carbonyl (C=O) groups excluding carboxylic acids is 1. The van der Waals surface area contributed by atoms with Crippen molar-refractivity contribution >= 4 is 11.4 Å². The molecule has 0 aliphatic heterocycles. The highest BCUT2D eigenvalue weighted by atomic mass is 16.1. The van der Waals surface area contributed by atoms with E-state index in [-0.39, 0.29) is 5.91 Å². The number of nitrogens with one attached hydrogen (secondary N) is 1. The predicted molar refractivity (Wildman–Crippen MR) is 71.8 cm³/mol. The van der Waals surface area contributed by atoms with E-state index >= 15 is 0 Å². The lowest BCUT2D eigenvalue weighted by molar-refractivity contribution is 0.0950. The average Bonchev–Trinajstić information content (AvgIpc) is 2.78. The molecule has 0 fully saturated rings. The molecule has 0 bridgehead atoms. The molecule has 0 unspecified atom stereocenters. The first kappa shape index (κ1) is 12.6. The first-order valence-corrected chi connectivity index (χ1v) is 6.52. The molecule has 0 saturated carbocycles. The third-order valence-electron chi connectivity index (χ3n) is 2.97. The van der Waals surface area contributed by atoms with Crippen molar-refractivity contribution in [1.82, 2.24) is 14.7 Å². The summed E-state index contributed by atoms with van der Waals surface area (Å²) in [6.45, 7) is 4.86. The minimum absolute atomic E-state index is 0.0770. The molecule has 1 N–H and O–H groups in total. The van der Waals surface area contributed by atoms with Gasteiger partial charge in [0, 0.05) is 19.2 Å². The highest BCUT2D eigenvalue weighted by Gasteiger charge is 2.15. The van der Waals surface area contributed by atoms with E-state index in [1.54, 1.807) is 0 Å². The quantitative estimate of drug-likeness (QED) is 0.822. The number of nitrogens with zero attached hydrogens (tertiary/aromatic N) is 2. The maximum Gasteiger partial charge on any atom is 0.272 e. The molecule has 0 aliphatic rings. The fourth-order valence-corrected chi connectivity index (χ4v) is 1.98. The topological polar surface area (TPSA) is 46.4 Å². The van der Waals surface area contributed by atoms with E-state index in [9.17, 15) is 4.79 Å². The molecule has 0 radical (unpaired) electrons. The van der Waals surface area contributed by atoms with Gasteiger partial charge in [0.25, 0.3) is 5.91 Å². The van der Waals surface area contributed by atoms with E-state index in [1.807, 2.05) is 35.7 Å². The Balaban J connectivity index is 2.30. The third kappa shape index (κ3) is 2.37. The number of unbranched alkanes of at least 4 members (excludes halogenated alkanes) is 1. The van der Waals surface area contributed by atoms with Crippen LogP contribution in [0.25, 0.3) is 5.52 Å². The maximum absolute atomic E-state index is 12.1.